The molecule has 2 aromatic carbocycles. The third-order valence-electron chi connectivity index (χ3n) is 4.64. The molecule has 27 heavy (non-hydrogen) atoms. The van der Waals surface area contributed by atoms with Gasteiger partial charge in [-0.3, -0.25) is 10.1 Å². The van der Waals surface area contributed by atoms with E-state index < -0.39 is 20.5 Å². The maximum atomic E-state index is 13.2. The number of sulfonamides is 1. The van der Waals surface area contributed by atoms with E-state index in [2.05, 4.69) is 0 Å². The van der Waals surface area contributed by atoms with Gasteiger partial charge >= 0.3 is 0 Å². The van der Waals surface area contributed by atoms with Crippen LogP contribution in [0, 0.1) is 10.1 Å². The lowest BCUT2D eigenvalue weighted by Gasteiger charge is -2.44. The Hall–Kier alpha value is -2.29. The number of ether oxygens (including phenoxy) is 1. The van der Waals surface area contributed by atoms with Gasteiger partial charge in [-0.1, -0.05) is 36.4 Å². The van der Waals surface area contributed by atoms with Crippen LogP contribution in [0.1, 0.15) is 19.4 Å². The molecule has 7 nitrogen and oxygen atoms in total. The van der Waals surface area contributed by atoms with Crippen LogP contribution in [0.15, 0.2) is 59.5 Å². The fraction of sp³-hybridized carbons (Fsp3) is 0.368. The first kappa shape index (κ1) is 19.5. The molecule has 0 aromatic heterocycles. The highest BCUT2D eigenvalue weighted by atomic mass is 32.2. The minimum Gasteiger partial charge on any atom is -0.375 e. The van der Waals surface area contributed by atoms with Crippen molar-refractivity contribution in [3.8, 4) is 0 Å². The lowest BCUT2D eigenvalue weighted by molar-refractivity contribution is -0.385. The summed E-state index contributed by atoms with van der Waals surface area (Å²) in [4.78, 5) is 10.3. The molecule has 1 aliphatic rings. The second-order valence-corrected chi connectivity index (χ2v) is 9.09. The van der Waals surface area contributed by atoms with Crippen molar-refractivity contribution < 1.29 is 18.1 Å². The molecule has 144 valence electrons. The molecule has 0 N–H and O–H groups in total. The second kappa shape index (κ2) is 7.38. The van der Waals surface area contributed by atoms with Crippen LogP contribution < -0.4 is 0 Å². The molecule has 0 saturated carbocycles. The zero-order valence-electron chi connectivity index (χ0n) is 15.2. The quantitative estimate of drug-likeness (QED) is 0.578. The van der Waals surface area contributed by atoms with Gasteiger partial charge in [0.1, 0.15) is 0 Å². The summed E-state index contributed by atoms with van der Waals surface area (Å²) in [5.41, 5.74) is 0.0641. The van der Waals surface area contributed by atoms with Crippen molar-refractivity contribution in [2.24, 2.45) is 0 Å². The van der Waals surface area contributed by atoms with Crippen LogP contribution in [0.3, 0.4) is 0 Å². The Balaban J connectivity index is 1.89. The Morgan fingerprint density at radius 1 is 1.19 bits per heavy atom. The molecule has 0 spiro atoms. The Labute approximate surface area is 158 Å². The zero-order valence-corrected chi connectivity index (χ0v) is 16.1. The summed E-state index contributed by atoms with van der Waals surface area (Å²) in [7, 11) is -3.90. The van der Waals surface area contributed by atoms with Gasteiger partial charge in [0.05, 0.1) is 28.1 Å². The van der Waals surface area contributed by atoms with Crippen LogP contribution in [-0.2, 0) is 21.2 Å². The van der Waals surface area contributed by atoms with E-state index in [1.54, 1.807) is 13.8 Å². The van der Waals surface area contributed by atoms with Crippen LogP contribution >= 0.6 is 0 Å². The van der Waals surface area contributed by atoms with Gasteiger partial charge in [0.25, 0.3) is 5.69 Å². The molecule has 0 bridgehead atoms. The fourth-order valence-electron chi connectivity index (χ4n) is 3.19. The van der Waals surface area contributed by atoms with Crippen LogP contribution in [0.2, 0.25) is 0 Å². The van der Waals surface area contributed by atoms with E-state index in [4.69, 9.17) is 4.74 Å². The molecule has 1 heterocycles. The molecular weight excluding hydrogens is 368 g/mol. The summed E-state index contributed by atoms with van der Waals surface area (Å²) in [6.45, 7) is 4.02. The topological polar surface area (TPSA) is 89.8 Å². The first-order valence-corrected chi connectivity index (χ1v) is 10.1. The predicted molar refractivity (Wildman–Crippen MR) is 101 cm³/mol. The van der Waals surface area contributed by atoms with Crippen molar-refractivity contribution in [3.63, 3.8) is 0 Å². The molecule has 2 aromatic rings. The van der Waals surface area contributed by atoms with Crippen LogP contribution in [-0.4, -0.2) is 42.4 Å². The van der Waals surface area contributed by atoms with Gasteiger partial charge in [-0.15, -0.1) is 0 Å². The van der Waals surface area contributed by atoms with Crippen LogP contribution in [0.5, 0.6) is 0 Å². The molecule has 0 radical (unpaired) electrons. The number of nitro groups is 1. The largest absolute Gasteiger partial charge is 0.375 e. The van der Waals surface area contributed by atoms with Crippen LogP contribution in [0.25, 0.3) is 0 Å². The number of benzene rings is 2. The van der Waals surface area contributed by atoms with E-state index >= 15 is 0 Å². The first-order chi connectivity index (χ1) is 12.7. The highest BCUT2D eigenvalue weighted by Gasteiger charge is 2.43. The summed E-state index contributed by atoms with van der Waals surface area (Å²) in [5, 5.41) is 11.0. The van der Waals surface area contributed by atoms with Gasteiger partial charge in [0, 0.05) is 18.7 Å². The van der Waals surface area contributed by atoms with Crippen molar-refractivity contribution in [2.75, 3.05) is 13.2 Å². The van der Waals surface area contributed by atoms with Crippen molar-refractivity contribution >= 4 is 15.7 Å². The second-order valence-electron chi connectivity index (χ2n) is 7.23. The Kier molecular flexibility index (Phi) is 5.32. The maximum absolute atomic E-state index is 13.2. The molecule has 0 aliphatic carbocycles. The van der Waals surface area contributed by atoms with Crippen LogP contribution in [0.4, 0.5) is 5.69 Å². The number of nitro benzene ring substituents is 1. The van der Waals surface area contributed by atoms with Crippen molar-refractivity contribution in [1.29, 1.82) is 0 Å². The van der Waals surface area contributed by atoms with Gasteiger partial charge in [-0.2, -0.15) is 4.31 Å². The van der Waals surface area contributed by atoms with E-state index in [1.165, 1.54) is 22.5 Å². The lowest BCUT2D eigenvalue weighted by atomic mass is 10.0. The highest BCUT2D eigenvalue weighted by molar-refractivity contribution is 7.89. The fourth-order valence-corrected chi connectivity index (χ4v) is 5.03. The van der Waals surface area contributed by atoms with E-state index in [9.17, 15) is 18.5 Å². The maximum Gasteiger partial charge on any atom is 0.270 e. The smallest absolute Gasteiger partial charge is 0.270 e. The highest BCUT2D eigenvalue weighted by Crippen LogP contribution is 2.31. The first-order valence-electron chi connectivity index (χ1n) is 8.63. The Bertz CT molecular complexity index is 928. The molecule has 1 atom stereocenters. The van der Waals surface area contributed by atoms with Gasteiger partial charge in [0.15, 0.2) is 0 Å². The van der Waals surface area contributed by atoms with Crippen molar-refractivity contribution in [2.45, 2.75) is 36.8 Å². The average molecular weight is 390 g/mol. The Morgan fingerprint density at radius 2 is 1.89 bits per heavy atom. The minimum absolute atomic E-state index is 0.0786. The summed E-state index contributed by atoms with van der Waals surface area (Å²) >= 11 is 0. The van der Waals surface area contributed by atoms with E-state index in [1.807, 2.05) is 30.3 Å². The van der Waals surface area contributed by atoms with E-state index in [0.29, 0.717) is 6.42 Å². The molecule has 1 unspecified atom stereocenters. The van der Waals surface area contributed by atoms with Crippen molar-refractivity contribution in [3.05, 3.63) is 70.3 Å². The standard InChI is InChI=1S/C19H22N2O5S/c1-19(2)14-26-17(11-15-7-4-3-5-8-15)13-20(19)27(24,25)18-10-6-9-16(12-18)21(22)23/h3-10,12,17H,11,13-14H2,1-2H3. The monoisotopic (exact) mass is 390 g/mol. The molecule has 1 aliphatic heterocycles. The molecule has 1 saturated heterocycles. The predicted octanol–water partition coefficient (Wildman–Crippen LogP) is 3.01. The summed E-state index contributed by atoms with van der Waals surface area (Å²) in [5.74, 6) is 0. The number of rotatable bonds is 5. The summed E-state index contributed by atoms with van der Waals surface area (Å²) in [6.07, 6.45) is 0.312. The molecular formula is C19H22N2O5S. The summed E-state index contributed by atoms with van der Waals surface area (Å²) < 4.78 is 33.8. The number of hydrogen-bond donors (Lipinski definition) is 0. The molecule has 8 heteroatoms. The SMILES string of the molecule is CC1(C)COC(Cc2ccccc2)CN1S(=O)(=O)c1cccc([N+](=O)[O-])c1. The van der Waals surface area contributed by atoms with Crippen molar-refractivity contribution in [1.82, 2.24) is 4.31 Å². The number of non-ortho nitro benzene ring substituents is 1. The van der Waals surface area contributed by atoms with E-state index in [-0.39, 0.29) is 29.8 Å². The average Bonchev–Trinajstić information content (AvgIpc) is 2.64. The number of morpholine rings is 1. The molecule has 3 rings (SSSR count). The molecule has 0 amide bonds. The minimum atomic E-state index is -3.90. The van der Waals surface area contributed by atoms with Gasteiger partial charge in [0.2, 0.25) is 10.0 Å². The Morgan fingerprint density at radius 3 is 2.56 bits per heavy atom. The van der Waals surface area contributed by atoms with Gasteiger partial charge in [-0.25, -0.2) is 8.42 Å². The third kappa shape index (κ3) is 4.18. The normalized spacial score (nSPS) is 20.3. The molecule has 1 fully saturated rings. The number of nitrogens with zero attached hydrogens (tertiary/aromatic N) is 2. The number of hydrogen-bond acceptors (Lipinski definition) is 5. The van der Waals surface area contributed by atoms with E-state index in [0.717, 1.165) is 11.6 Å². The third-order valence-corrected chi connectivity index (χ3v) is 6.71. The lowest BCUT2D eigenvalue weighted by Crippen LogP contribution is -2.58. The summed E-state index contributed by atoms with van der Waals surface area (Å²) in [6, 6.07) is 14.9. The zero-order chi connectivity index (χ0) is 19.7. The van der Waals surface area contributed by atoms with Gasteiger partial charge in [-0.05, 0) is 31.9 Å². The van der Waals surface area contributed by atoms with Gasteiger partial charge < -0.3 is 4.74 Å².